The molecule has 3 saturated carbocycles. The minimum absolute atomic E-state index is 0.00577. The highest BCUT2D eigenvalue weighted by atomic mass is 16.6. The van der Waals surface area contributed by atoms with E-state index in [2.05, 4.69) is 12.7 Å². The maximum absolute atomic E-state index is 14.7. The number of fused-ring (bicyclic) bond motifs is 6. The van der Waals surface area contributed by atoms with Gasteiger partial charge in [-0.3, -0.25) is 14.4 Å². The molecule has 44 heavy (non-hydrogen) atoms. The molecule has 7 aliphatic rings. The highest BCUT2D eigenvalue weighted by Crippen LogP contribution is 2.80. The second-order valence-corrected chi connectivity index (χ2v) is 15.3. The second kappa shape index (κ2) is 8.84. The molecule has 0 aromatic heterocycles. The molecule has 0 aromatic carbocycles. The van der Waals surface area contributed by atoms with Crippen LogP contribution < -0.4 is 0 Å². The molecule has 10 nitrogen and oxygen atoms in total. The Labute approximate surface area is 256 Å². The molecule has 0 aromatic rings. The molecule has 5 aliphatic carbocycles. The first-order chi connectivity index (χ1) is 20.4. The normalized spacial score (nSPS) is 53.1. The van der Waals surface area contributed by atoms with Crippen molar-refractivity contribution in [1.82, 2.24) is 0 Å². The number of carbonyl (C=O) groups is 4. The molecule has 7 rings (SSSR count). The van der Waals surface area contributed by atoms with Crippen LogP contribution in [0.15, 0.2) is 36.0 Å². The van der Waals surface area contributed by atoms with Gasteiger partial charge in [0.2, 0.25) is 0 Å². The smallest absolute Gasteiger partial charge is 0.334 e. The maximum atomic E-state index is 14.7. The summed E-state index contributed by atoms with van der Waals surface area (Å²) in [5, 5.41) is 24.3. The van der Waals surface area contributed by atoms with Crippen molar-refractivity contribution in [2.75, 3.05) is 0 Å². The highest BCUT2D eigenvalue weighted by Gasteiger charge is 2.85. The first-order valence-corrected chi connectivity index (χ1v) is 15.7. The molecule has 238 valence electrons. The Morgan fingerprint density at radius 2 is 1.61 bits per heavy atom. The molecule has 2 heterocycles. The lowest BCUT2D eigenvalue weighted by Crippen LogP contribution is -2.54. The molecule has 5 fully saturated rings. The van der Waals surface area contributed by atoms with Crippen molar-refractivity contribution in [3.63, 3.8) is 0 Å². The van der Waals surface area contributed by atoms with Gasteiger partial charge in [-0.25, -0.2) is 4.79 Å². The predicted octanol–water partition coefficient (Wildman–Crippen LogP) is 2.95. The van der Waals surface area contributed by atoms with Crippen molar-refractivity contribution >= 4 is 23.9 Å². The van der Waals surface area contributed by atoms with E-state index >= 15 is 0 Å². The zero-order valence-corrected chi connectivity index (χ0v) is 26.1. The Morgan fingerprint density at radius 1 is 0.955 bits per heavy atom. The number of allylic oxidation sites excluding steroid dienone is 2. The molecule has 2 bridgehead atoms. The van der Waals surface area contributed by atoms with Crippen LogP contribution >= 0.6 is 0 Å². The van der Waals surface area contributed by atoms with E-state index in [1.807, 2.05) is 26.0 Å². The fourth-order valence-electron chi connectivity index (χ4n) is 11.4. The Hall–Kier alpha value is -2.98. The van der Waals surface area contributed by atoms with Crippen LogP contribution in [0.5, 0.6) is 0 Å². The van der Waals surface area contributed by atoms with E-state index in [0.29, 0.717) is 6.42 Å². The second-order valence-electron chi connectivity index (χ2n) is 15.3. The van der Waals surface area contributed by atoms with Crippen molar-refractivity contribution in [1.29, 1.82) is 0 Å². The van der Waals surface area contributed by atoms with Crippen LogP contribution in [-0.2, 0) is 38.1 Å². The molecule has 10 heteroatoms. The van der Waals surface area contributed by atoms with E-state index in [1.54, 1.807) is 13.8 Å². The molecule has 1 spiro atoms. The lowest BCUT2D eigenvalue weighted by atomic mass is 9.54. The fraction of sp³-hybridized carbons (Fsp3) is 0.706. The van der Waals surface area contributed by atoms with Gasteiger partial charge in [0.1, 0.15) is 24.4 Å². The van der Waals surface area contributed by atoms with Gasteiger partial charge in [-0.1, -0.05) is 37.3 Å². The fourth-order valence-corrected chi connectivity index (χ4v) is 11.4. The zero-order chi connectivity index (χ0) is 31.9. The Bertz CT molecular complexity index is 1460. The first-order valence-electron chi connectivity index (χ1n) is 15.7. The van der Waals surface area contributed by atoms with Gasteiger partial charge in [0, 0.05) is 60.8 Å². The van der Waals surface area contributed by atoms with E-state index in [-0.39, 0.29) is 36.7 Å². The van der Waals surface area contributed by atoms with Gasteiger partial charge in [0.15, 0.2) is 0 Å². The van der Waals surface area contributed by atoms with Crippen molar-refractivity contribution in [2.45, 2.75) is 103 Å². The van der Waals surface area contributed by atoms with Gasteiger partial charge in [-0.15, -0.1) is 0 Å². The molecule has 0 unspecified atom stereocenters. The van der Waals surface area contributed by atoms with E-state index in [0.717, 1.165) is 5.57 Å². The lowest BCUT2D eigenvalue weighted by Gasteiger charge is -2.47. The topological polar surface area (TPSA) is 146 Å². The summed E-state index contributed by atoms with van der Waals surface area (Å²) in [6, 6.07) is 0. The van der Waals surface area contributed by atoms with Crippen molar-refractivity contribution < 1.29 is 48.3 Å². The van der Waals surface area contributed by atoms with Crippen molar-refractivity contribution in [3.05, 3.63) is 36.0 Å². The Kier molecular flexibility index (Phi) is 5.97. The standard InChI is InChI=1S/C34H42O10/c1-15-8-9-19-22(15)25-24(21(42-18(4)36)12-31(19,6)39)34(29(38)44-25)14-33-11-10-30(34,5)27(33)26-23(16(2)28(37)43-26)20(41-17(3)35)13-32(33,7)40/h8,10-11,19-27,39-40H,2,9,12-14H2,1,3-7H3/t19-,20+,21+,22+,23-,24-,25-,26+,27+,30-,31-,32-,33+,34+/m1/s1. The molecule has 2 aliphatic heterocycles. The summed E-state index contributed by atoms with van der Waals surface area (Å²) >= 11 is 0. The first kappa shape index (κ1) is 29.7. The van der Waals surface area contributed by atoms with Crippen LogP contribution in [0.3, 0.4) is 0 Å². The molecule has 2 saturated heterocycles. The number of aliphatic hydroxyl groups is 2. The van der Waals surface area contributed by atoms with Crippen LogP contribution in [0.4, 0.5) is 0 Å². The van der Waals surface area contributed by atoms with E-state index in [4.69, 9.17) is 18.9 Å². The molecule has 0 amide bonds. The number of hydrogen-bond acceptors (Lipinski definition) is 10. The quantitative estimate of drug-likeness (QED) is 0.207. The summed E-state index contributed by atoms with van der Waals surface area (Å²) in [6.45, 7) is 14.0. The number of esters is 4. The number of carbonyl (C=O) groups excluding carboxylic acids is 4. The lowest BCUT2D eigenvalue weighted by molar-refractivity contribution is -0.166. The largest absolute Gasteiger partial charge is 0.462 e. The predicted molar refractivity (Wildman–Crippen MR) is 153 cm³/mol. The third-order valence-electron chi connectivity index (χ3n) is 13.0. The number of hydrogen-bond donors (Lipinski definition) is 2. The van der Waals surface area contributed by atoms with Crippen molar-refractivity contribution in [2.24, 2.45) is 45.8 Å². The monoisotopic (exact) mass is 610 g/mol. The van der Waals surface area contributed by atoms with Gasteiger partial charge in [-0.05, 0) is 33.6 Å². The minimum Gasteiger partial charge on any atom is -0.462 e. The summed E-state index contributed by atoms with van der Waals surface area (Å²) in [5.41, 5.74) is -4.94. The number of rotatable bonds is 2. The van der Waals surface area contributed by atoms with Crippen LogP contribution in [0.2, 0.25) is 0 Å². The highest BCUT2D eigenvalue weighted by molar-refractivity contribution is 5.91. The van der Waals surface area contributed by atoms with Gasteiger partial charge in [-0.2, -0.15) is 0 Å². The summed E-state index contributed by atoms with van der Waals surface area (Å²) in [5.74, 6) is -4.60. The molecule has 0 radical (unpaired) electrons. The van der Waals surface area contributed by atoms with Crippen LogP contribution in [0.1, 0.15) is 67.2 Å². The van der Waals surface area contributed by atoms with Crippen LogP contribution in [0.25, 0.3) is 0 Å². The van der Waals surface area contributed by atoms with Gasteiger partial charge < -0.3 is 29.2 Å². The third kappa shape index (κ3) is 3.39. The average molecular weight is 611 g/mol. The van der Waals surface area contributed by atoms with E-state index < -0.39 is 93.5 Å². The van der Waals surface area contributed by atoms with Gasteiger partial charge in [0.05, 0.1) is 28.5 Å². The SMILES string of the molecule is C=C1C(=O)O[C@H]2[C@H]1[C@@H](OC(C)=O)C[C@@](C)(O)[C@]13C=C[C@](C)([C@H]21)[C@]1(C3)C(=O)O[C@@H]2[C@H]3C(C)=CC[C@H]3[C@](C)(O)C[C@H](OC(C)=O)[C@H]21. The number of ether oxygens (including phenoxy) is 4. The molecule has 14 atom stereocenters. The Balaban J connectivity index is 1.44. The van der Waals surface area contributed by atoms with Gasteiger partial charge in [0.25, 0.3) is 0 Å². The summed E-state index contributed by atoms with van der Waals surface area (Å²) < 4.78 is 24.2. The molecule has 2 N–H and O–H groups in total. The van der Waals surface area contributed by atoms with Crippen molar-refractivity contribution in [3.8, 4) is 0 Å². The van der Waals surface area contributed by atoms with E-state index in [9.17, 15) is 29.4 Å². The van der Waals surface area contributed by atoms with Gasteiger partial charge >= 0.3 is 23.9 Å². The summed E-state index contributed by atoms with van der Waals surface area (Å²) in [6.07, 6.45) is 3.63. The minimum atomic E-state index is -1.51. The molecular weight excluding hydrogens is 568 g/mol. The average Bonchev–Trinajstić information content (AvgIpc) is 3.61. The zero-order valence-electron chi connectivity index (χ0n) is 26.1. The van der Waals surface area contributed by atoms with Crippen LogP contribution in [-0.4, -0.2) is 69.7 Å². The Morgan fingerprint density at radius 3 is 2.27 bits per heavy atom. The molecular formula is C34H42O10. The maximum Gasteiger partial charge on any atom is 0.334 e. The van der Waals surface area contributed by atoms with Crippen LogP contribution in [0, 0.1) is 45.8 Å². The third-order valence-corrected chi connectivity index (χ3v) is 13.0. The summed E-state index contributed by atoms with van der Waals surface area (Å²) in [4.78, 5) is 52.6. The summed E-state index contributed by atoms with van der Waals surface area (Å²) in [7, 11) is 0. The van der Waals surface area contributed by atoms with E-state index in [1.165, 1.54) is 13.8 Å².